The van der Waals surface area contributed by atoms with Crippen LogP contribution < -0.4 is 11.1 Å². The lowest BCUT2D eigenvalue weighted by Crippen LogP contribution is -2.55. The Morgan fingerprint density at radius 1 is 0.743 bits per heavy atom. The lowest BCUT2D eigenvalue weighted by molar-refractivity contribution is 0.310. The molecule has 0 spiro atoms. The highest BCUT2D eigenvalue weighted by molar-refractivity contribution is 5.82. The molecule has 0 fully saturated rings. The van der Waals surface area contributed by atoms with Gasteiger partial charge in [0.1, 0.15) is 0 Å². The first-order valence-electron chi connectivity index (χ1n) is 14.7. The molecule has 0 saturated heterocycles. The van der Waals surface area contributed by atoms with Crippen LogP contribution in [0.25, 0.3) is 11.1 Å². The number of aryl methyl sites for hydroxylation is 1. The molecule has 1 aliphatic carbocycles. The van der Waals surface area contributed by atoms with Crippen LogP contribution in [0.15, 0.2) is 36.4 Å². The van der Waals surface area contributed by atoms with E-state index in [0.717, 1.165) is 13.0 Å². The maximum absolute atomic E-state index is 7.25. The van der Waals surface area contributed by atoms with Crippen LogP contribution >= 0.6 is 0 Å². The Hall–Kier alpha value is -1.64. The summed E-state index contributed by atoms with van der Waals surface area (Å²) in [6.07, 6.45) is 15.4. The number of hydrogen-bond acceptors (Lipinski definition) is 2. The van der Waals surface area contributed by atoms with Crippen LogP contribution in [-0.2, 0) is 5.54 Å². The zero-order chi connectivity index (χ0) is 25.3. The summed E-state index contributed by atoms with van der Waals surface area (Å²) in [4.78, 5) is 0. The number of fused-ring (bicyclic) bond motifs is 3. The number of nitrogens with two attached hydrogens (primary N) is 1. The summed E-state index contributed by atoms with van der Waals surface area (Å²) in [5.74, 6) is 0.507. The molecule has 2 aromatic rings. The predicted octanol–water partition coefficient (Wildman–Crippen LogP) is 8.98. The molecule has 2 aromatic carbocycles. The lowest BCUT2D eigenvalue weighted by atomic mass is 9.77. The summed E-state index contributed by atoms with van der Waals surface area (Å²) in [5.41, 5.74) is 15.3. The summed E-state index contributed by atoms with van der Waals surface area (Å²) in [5, 5.41) is 4.12. The van der Waals surface area contributed by atoms with E-state index >= 15 is 0 Å². The van der Waals surface area contributed by atoms with Gasteiger partial charge in [0.25, 0.3) is 0 Å². The van der Waals surface area contributed by atoms with Crippen molar-refractivity contribution in [2.24, 2.45) is 5.73 Å². The molecule has 3 rings (SSSR count). The fraction of sp³-hybridized carbons (Fsp3) is 0.636. The number of unbranched alkanes of at least 4 members (excludes halogenated alkanes) is 9. The van der Waals surface area contributed by atoms with Crippen LogP contribution in [0.1, 0.15) is 133 Å². The van der Waals surface area contributed by atoms with Crippen molar-refractivity contribution in [2.45, 2.75) is 129 Å². The van der Waals surface area contributed by atoms with Crippen molar-refractivity contribution in [1.29, 1.82) is 0 Å². The molecule has 0 aliphatic heterocycles. The SMILES string of the molecule is CCCCCCCCNC1(C(N)CCCCCCC)c2cc(C)ccc2-c2ccc(C(C)C)cc21. The van der Waals surface area contributed by atoms with Crippen LogP contribution in [0.3, 0.4) is 0 Å². The third-order valence-electron chi connectivity index (χ3n) is 8.13. The molecule has 2 nitrogen and oxygen atoms in total. The molecule has 3 N–H and O–H groups in total. The van der Waals surface area contributed by atoms with Gasteiger partial charge in [-0.05, 0) is 60.0 Å². The molecule has 0 amide bonds. The quantitative estimate of drug-likeness (QED) is 0.237. The van der Waals surface area contributed by atoms with Crippen LogP contribution in [-0.4, -0.2) is 12.6 Å². The molecule has 0 heterocycles. The van der Waals surface area contributed by atoms with E-state index in [-0.39, 0.29) is 11.6 Å². The Morgan fingerprint density at radius 3 is 1.97 bits per heavy atom. The van der Waals surface area contributed by atoms with Gasteiger partial charge in [-0.15, -0.1) is 0 Å². The first-order chi connectivity index (χ1) is 17.0. The second-order valence-corrected chi connectivity index (χ2v) is 11.3. The summed E-state index contributed by atoms with van der Waals surface area (Å²) in [6, 6.07) is 14.2. The van der Waals surface area contributed by atoms with Gasteiger partial charge in [-0.3, -0.25) is 0 Å². The highest BCUT2D eigenvalue weighted by Gasteiger charge is 2.47. The maximum atomic E-state index is 7.25. The summed E-state index contributed by atoms with van der Waals surface area (Å²) < 4.78 is 0. The minimum absolute atomic E-state index is 0.0634. The van der Waals surface area contributed by atoms with E-state index in [2.05, 4.69) is 76.3 Å². The standard InChI is InChI=1S/C33H52N2/c1-6-8-10-12-14-16-22-35-33(32(34)17-15-13-11-9-7-2)30-23-26(5)18-20-28(30)29-21-19-27(25(3)4)24-31(29)33/h18-21,23-25,32,35H,6-17,22,34H2,1-5H3. The van der Waals surface area contributed by atoms with Gasteiger partial charge < -0.3 is 11.1 Å². The molecule has 0 aromatic heterocycles. The predicted molar refractivity (Wildman–Crippen MR) is 154 cm³/mol. The largest absolute Gasteiger partial charge is 0.326 e. The van der Waals surface area contributed by atoms with Gasteiger partial charge in [-0.1, -0.05) is 134 Å². The number of hydrogen-bond donors (Lipinski definition) is 2. The Balaban J connectivity index is 1.94. The fourth-order valence-corrected chi connectivity index (χ4v) is 5.94. The molecule has 1 aliphatic rings. The van der Waals surface area contributed by atoms with Gasteiger partial charge in [-0.25, -0.2) is 0 Å². The van der Waals surface area contributed by atoms with Crippen molar-refractivity contribution < 1.29 is 0 Å². The van der Waals surface area contributed by atoms with Crippen molar-refractivity contribution in [3.8, 4) is 11.1 Å². The van der Waals surface area contributed by atoms with E-state index in [9.17, 15) is 0 Å². The van der Waals surface area contributed by atoms with Gasteiger partial charge in [0, 0.05) is 6.04 Å². The first-order valence-corrected chi connectivity index (χ1v) is 14.7. The fourth-order valence-electron chi connectivity index (χ4n) is 5.94. The number of benzene rings is 2. The molecular formula is C33H52N2. The molecule has 2 atom stereocenters. The summed E-state index contributed by atoms with van der Waals surface area (Å²) in [6.45, 7) is 12.4. The minimum Gasteiger partial charge on any atom is -0.326 e. The van der Waals surface area contributed by atoms with E-state index in [1.54, 1.807) is 0 Å². The van der Waals surface area contributed by atoms with Crippen LogP contribution in [0.5, 0.6) is 0 Å². The molecule has 2 unspecified atom stereocenters. The van der Waals surface area contributed by atoms with Gasteiger partial charge in [0.15, 0.2) is 0 Å². The topological polar surface area (TPSA) is 38.0 Å². The van der Waals surface area contributed by atoms with Gasteiger partial charge in [0.05, 0.1) is 5.54 Å². The number of nitrogens with one attached hydrogen (secondary N) is 1. The van der Waals surface area contributed by atoms with E-state index in [1.165, 1.54) is 104 Å². The summed E-state index contributed by atoms with van der Waals surface area (Å²) in [7, 11) is 0. The van der Waals surface area contributed by atoms with Crippen molar-refractivity contribution >= 4 is 0 Å². The second kappa shape index (κ2) is 13.6. The van der Waals surface area contributed by atoms with Crippen molar-refractivity contribution in [1.82, 2.24) is 5.32 Å². The average molecular weight is 477 g/mol. The molecule has 35 heavy (non-hydrogen) atoms. The Labute approximate surface area is 216 Å². The highest BCUT2D eigenvalue weighted by Crippen LogP contribution is 2.50. The molecule has 0 bridgehead atoms. The van der Waals surface area contributed by atoms with Crippen LogP contribution in [0, 0.1) is 6.92 Å². The molecule has 0 radical (unpaired) electrons. The summed E-state index contributed by atoms with van der Waals surface area (Å²) >= 11 is 0. The highest BCUT2D eigenvalue weighted by atomic mass is 15.0. The molecule has 0 saturated carbocycles. The van der Waals surface area contributed by atoms with Crippen LogP contribution in [0.2, 0.25) is 0 Å². The van der Waals surface area contributed by atoms with Crippen molar-refractivity contribution in [3.05, 3.63) is 58.7 Å². The van der Waals surface area contributed by atoms with Crippen LogP contribution in [0.4, 0.5) is 0 Å². The molecule has 2 heteroatoms. The third-order valence-corrected chi connectivity index (χ3v) is 8.13. The zero-order valence-electron chi connectivity index (χ0n) is 23.4. The van der Waals surface area contributed by atoms with Gasteiger partial charge in [0.2, 0.25) is 0 Å². The van der Waals surface area contributed by atoms with Crippen molar-refractivity contribution in [3.63, 3.8) is 0 Å². The molecular weight excluding hydrogens is 424 g/mol. The lowest BCUT2D eigenvalue weighted by Gasteiger charge is -2.39. The third kappa shape index (κ3) is 6.57. The Kier molecular flexibility index (Phi) is 10.9. The normalized spacial score (nSPS) is 17.6. The zero-order valence-corrected chi connectivity index (χ0v) is 23.4. The monoisotopic (exact) mass is 476 g/mol. The molecule has 194 valence electrons. The first kappa shape index (κ1) is 27.9. The van der Waals surface area contributed by atoms with Gasteiger partial charge in [-0.2, -0.15) is 0 Å². The van der Waals surface area contributed by atoms with E-state index in [0.29, 0.717) is 5.92 Å². The smallest absolute Gasteiger partial charge is 0.0856 e. The Bertz CT molecular complexity index is 915. The second-order valence-electron chi connectivity index (χ2n) is 11.3. The van der Waals surface area contributed by atoms with E-state index < -0.39 is 0 Å². The Morgan fingerprint density at radius 2 is 1.31 bits per heavy atom. The maximum Gasteiger partial charge on any atom is 0.0856 e. The van der Waals surface area contributed by atoms with Crippen molar-refractivity contribution in [2.75, 3.05) is 6.54 Å². The van der Waals surface area contributed by atoms with Gasteiger partial charge >= 0.3 is 0 Å². The minimum atomic E-state index is -0.296. The average Bonchev–Trinajstić information content (AvgIpc) is 3.12. The number of rotatable bonds is 16. The van der Waals surface area contributed by atoms with E-state index in [1.807, 2.05) is 0 Å². The van der Waals surface area contributed by atoms with E-state index in [4.69, 9.17) is 5.73 Å².